The van der Waals surface area contributed by atoms with Gasteiger partial charge >= 0.3 is 0 Å². The van der Waals surface area contributed by atoms with Crippen molar-refractivity contribution < 1.29 is 9.53 Å². The fourth-order valence-corrected chi connectivity index (χ4v) is 2.38. The Morgan fingerprint density at radius 3 is 2.62 bits per heavy atom. The van der Waals surface area contributed by atoms with Crippen molar-refractivity contribution in [2.75, 3.05) is 6.61 Å². The zero-order chi connectivity index (χ0) is 15.2. The van der Waals surface area contributed by atoms with Crippen LogP contribution in [0.2, 0.25) is 0 Å². The van der Waals surface area contributed by atoms with Crippen LogP contribution >= 0.6 is 0 Å². The number of nitriles is 1. The highest BCUT2D eigenvalue weighted by atomic mass is 16.5. The normalized spacial score (nSPS) is 14.1. The Labute approximate surface area is 124 Å². The lowest BCUT2D eigenvalue weighted by molar-refractivity contribution is -0.121. The molecule has 1 heterocycles. The lowest BCUT2D eigenvalue weighted by atomic mass is 10.1. The van der Waals surface area contributed by atoms with Crippen LogP contribution in [0.1, 0.15) is 42.4 Å². The molecule has 0 saturated heterocycles. The minimum absolute atomic E-state index is 0.0150. The first-order valence-electron chi connectivity index (χ1n) is 7.08. The highest BCUT2D eigenvalue weighted by Gasteiger charge is 2.11. The summed E-state index contributed by atoms with van der Waals surface area (Å²) in [7, 11) is 0. The van der Waals surface area contributed by atoms with Crippen LogP contribution in [0, 0.1) is 25.2 Å². The van der Waals surface area contributed by atoms with Gasteiger partial charge in [-0.05, 0) is 56.4 Å². The van der Waals surface area contributed by atoms with E-state index in [2.05, 4.69) is 16.6 Å². The third-order valence-corrected chi connectivity index (χ3v) is 3.42. The van der Waals surface area contributed by atoms with E-state index in [1.807, 2.05) is 26.0 Å². The van der Waals surface area contributed by atoms with Gasteiger partial charge in [0.15, 0.2) is 0 Å². The fourth-order valence-electron chi connectivity index (χ4n) is 2.38. The molecule has 1 N–H and O–H groups in total. The maximum Gasteiger partial charge on any atom is 0.240 e. The van der Waals surface area contributed by atoms with E-state index in [9.17, 15) is 4.79 Å². The Hall–Kier alpha value is -2.35. The predicted molar refractivity (Wildman–Crippen MR) is 80.2 cm³/mol. The van der Waals surface area contributed by atoms with E-state index in [0.717, 1.165) is 41.9 Å². The molecule has 110 valence electrons. The molecular formula is C16H19N3O2. The molecule has 1 aliphatic rings. The molecule has 0 bridgehead atoms. The van der Waals surface area contributed by atoms with Crippen LogP contribution in [0.15, 0.2) is 17.2 Å². The molecule has 0 atom stereocenters. The standard InChI is InChI=1S/C16H19N3O2/c1-11-8-13(10-17)9-12(2)16(11)21-7-3-4-14-5-6-15(20)19-18-14/h8-9H,3-7H2,1-2H3,(H,19,20). The van der Waals surface area contributed by atoms with Crippen molar-refractivity contribution >= 4 is 11.6 Å². The summed E-state index contributed by atoms with van der Waals surface area (Å²) < 4.78 is 5.83. The van der Waals surface area contributed by atoms with Crippen LogP contribution in [0.3, 0.4) is 0 Å². The average molecular weight is 285 g/mol. The monoisotopic (exact) mass is 285 g/mol. The summed E-state index contributed by atoms with van der Waals surface area (Å²) in [5.41, 5.74) is 6.14. The smallest absolute Gasteiger partial charge is 0.240 e. The first kappa shape index (κ1) is 15.0. The first-order valence-corrected chi connectivity index (χ1v) is 7.08. The van der Waals surface area contributed by atoms with Gasteiger partial charge in [-0.2, -0.15) is 10.4 Å². The van der Waals surface area contributed by atoms with Crippen molar-refractivity contribution in [2.45, 2.75) is 39.5 Å². The molecule has 0 spiro atoms. The second-order valence-corrected chi connectivity index (χ2v) is 5.22. The summed E-state index contributed by atoms with van der Waals surface area (Å²) in [6, 6.07) is 5.82. The Balaban J connectivity index is 1.84. The lowest BCUT2D eigenvalue weighted by Gasteiger charge is -2.14. The van der Waals surface area contributed by atoms with Crippen LogP contribution < -0.4 is 10.2 Å². The molecule has 0 unspecified atom stereocenters. The van der Waals surface area contributed by atoms with Crippen molar-refractivity contribution in [1.82, 2.24) is 5.43 Å². The third kappa shape index (κ3) is 4.06. The molecule has 2 rings (SSSR count). The van der Waals surface area contributed by atoms with Gasteiger partial charge in [-0.3, -0.25) is 4.79 Å². The number of ether oxygens (including phenoxy) is 1. The summed E-state index contributed by atoms with van der Waals surface area (Å²) >= 11 is 0. The summed E-state index contributed by atoms with van der Waals surface area (Å²) in [5.74, 6) is 0.840. The SMILES string of the molecule is Cc1cc(C#N)cc(C)c1OCCCC1=NNC(=O)CC1. The molecule has 0 fully saturated rings. The topological polar surface area (TPSA) is 74.5 Å². The maximum atomic E-state index is 11.0. The van der Waals surface area contributed by atoms with Gasteiger partial charge in [-0.25, -0.2) is 5.43 Å². The molecule has 5 nitrogen and oxygen atoms in total. The highest BCUT2D eigenvalue weighted by Crippen LogP contribution is 2.24. The predicted octanol–water partition coefficient (Wildman–Crippen LogP) is 2.60. The molecule has 0 aromatic heterocycles. The number of hydrogen-bond donors (Lipinski definition) is 1. The summed E-state index contributed by atoms with van der Waals surface area (Å²) in [4.78, 5) is 11.0. The Morgan fingerprint density at radius 2 is 2.05 bits per heavy atom. The summed E-state index contributed by atoms with van der Waals surface area (Å²) in [6.45, 7) is 4.49. The highest BCUT2D eigenvalue weighted by molar-refractivity contribution is 5.92. The number of nitrogens with zero attached hydrogens (tertiary/aromatic N) is 2. The molecule has 1 amide bonds. The molecule has 5 heteroatoms. The molecular weight excluding hydrogens is 266 g/mol. The quantitative estimate of drug-likeness (QED) is 0.845. The van der Waals surface area contributed by atoms with E-state index in [4.69, 9.17) is 10.00 Å². The molecule has 1 aromatic carbocycles. The van der Waals surface area contributed by atoms with Gasteiger partial charge in [0, 0.05) is 12.1 Å². The van der Waals surface area contributed by atoms with E-state index in [0.29, 0.717) is 18.6 Å². The number of hydrazone groups is 1. The zero-order valence-corrected chi connectivity index (χ0v) is 12.4. The van der Waals surface area contributed by atoms with Crippen LogP contribution in [-0.4, -0.2) is 18.2 Å². The van der Waals surface area contributed by atoms with Crippen LogP contribution in [0.4, 0.5) is 0 Å². The number of carbonyl (C=O) groups excluding carboxylic acids is 1. The second-order valence-electron chi connectivity index (χ2n) is 5.22. The Bertz CT molecular complexity index is 591. The third-order valence-electron chi connectivity index (χ3n) is 3.42. The van der Waals surface area contributed by atoms with E-state index in [1.165, 1.54) is 0 Å². The number of amides is 1. The zero-order valence-electron chi connectivity index (χ0n) is 12.4. The number of rotatable bonds is 5. The minimum atomic E-state index is -0.0150. The van der Waals surface area contributed by atoms with Gasteiger partial charge in [0.1, 0.15) is 5.75 Å². The number of carbonyl (C=O) groups is 1. The molecule has 0 aliphatic carbocycles. The Kier molecular flexibility index (Phi) is 4.94. The van der Waals surface area contributed by atoms with E-state index >= 15 is 0 Å². The molecule has 1 aromatic rings. The van der Waals surface area contributed by atoms with E-state index in [-0.39, 0.29) is 5.91 Å². The van der Waals surface area contributed by atoms with Crippen molar-refractivity contribution in [3.63, 3.8) is 0 Å². The average Bonchev–Trinajstić information content (AvgIpc) is 2.47. The van der Waals surface area contributed by atoms with Gasteiger partial charge in [-0.1, -0.05) is 0 Å². The van der Waals surface area contributed by atoms with Crippen LogP contribution in [-0.2, 0) is 4.79 Å². The van der Waals surface area contributed by atoms with Crippen molar-refractivity contribution in [1.29, 1.82) is 5.26 Å². The summed E-state index contributed by atoms with van der Waals surface area (Å²) in [5, 5.41) is 13.0. The molecule has 1 aliphatic heterocycles. The minimum Gasteiger partial charge on any atom is -0.493 e. The van der Waals surface area contributed by atoms with Gasteiger partial charge in [0.2, 0.25) is 5.91 Å². The lowest BCUT2D eigenvalue weighted by Crippen LogP contribution is -2.25. The van der Waals surface area contributed by atoms with E-state index in [1.54, 1.807) is 0 Å². The van der Waals surface area contributed by atoms with Gasteiger partial charge < -0.3 is 4.74 Å². The van der Waals surface area contributed by atoms with Crippen LogP contribution in [0.25, 0.3) is 0 Å². The van der Waals surface area contributed by atoms with Gasteiger partial charge in [0.05, 0.1) is 18.2 Å². The summed E-state index contributed by atoms with van der Waals surface area (Å²) in [6.07, 6.45) is 2.94. The van der Waals surface area contributed by atoms with Crippen molar-refractivity contribution in [3.8, 4) is 11.8 Å². The Morgan fingerprint density at radius 1 is 1.33 bits per heavy atom. The molecule has 0 saturated carbocycles. The van der Waals surface area contributed by atoms with Crippen molar-refractivity contribution in [2.24, 2.45) is 5.10 Å². The number of aryl methyl sites for hydroxylation is 2. The number of nitrogens with one attached hydrogen (secondary N) is 1. The van der Waals surface area contributed by atoms with Crippen LogP contribution in [0.5, 0.6) is 5.75 Å². The number of hydrogen-bond acceptors (Lipinski definition) is 4. The molecule has 0 radical (unpaired) electrons. The first-order chi connectivity index (χ1) is 10.1. The second kappa shape index (κ2) is 6.89. The van der Waals surface area contributed by atoms with Crippen molar-refractivity contribution in [3.05, 3.63) is 28.8 Å². The number of benzene rings is 1. The van der Waals surface area contributed by atoms with Gasteiger partial charge in [0.25, 0.3) is 0 Å². The maximum absolute atomic E-state index is 11.0. The molecule has 21 heavy (non-hydrogen) atoms. The van der Waals surface area contributed by atoms with Gasteiger partial charge in [-0.15, -0.1) is 0 Å². The fraction of sp³-hybridized carbons (Fsp3) is 0.438. The largest absolute Gasteiger partial charge is 0.493 e. The van der Waals surface area contributed by atoms with E-state index < -0.39 is 0 Å².